The molecule has 2 fully saturated rings. The van der Waals surface area contributed by atoms with Crippen LogP contribution in [0.5, 0.6) is 5.75 Å². The van der Waals surface area contributed by atoms with Gasteiger partial charge in [-0.2, -0.15) is 0 Å². The summed E-state index contributed by atoms with van der Waals surface area (Å²) in [5.41, 5.74) is 2.55. The number of rotatable bonds is 6. The molecule has 0 unspecified atom stereocenters. The molecule has 27 heavy (non-hydrogen) atoms. The van der Waals surface area contributed by atoms with Gasteiger partial charge in [0.2, 0.25) is 5.91 Å². The molecule has 2 aliphatic heterocycles. The minimum Gasteiger partial charge on any atom is -0.497 e. The zero-order chi connectivity index (χ0) is 18.6. The second kappa shape index (κ2) is 8.13. The van der Waals surface area contributed by atoms with Crippen molar-refractivity contribution >= 4 is 5.91 Å². The van der Waals surface area contributed by atoms with Gasteiger partial charge in [0.25, 0.3) is 0 Å². The van der Waals surface area contributed by atoms with E-state index in [-0.39, 0.29) is 5.91 Å². The maximum Gasteiger partial charge on any atom is 0.222 e. The van der Waals surface area contributed by atoms with Crippen LogP contribution in [0.1, 0.15) is 24.0 Å². The van der Waals surface area contributed by atoms with Crippen molar-refractivity contribution in [1.29, 1.82) is 0 Å². The van der Waals surface area contributed by atoms with Gasteiger partial charge in [0.05, 0.1) is 7.11 Å². The van der Waals surface area contributed by atoms with Crippen molar-refractivity contribution in [3.63, 3.8) is 0 Å². The van der Waals surface area contributed by atoms with Crippen LogP contribution >= 0.6 is 0 Å². The number of aryl methyl sites for hydroxylation is 1. The third kappa shape index (κ3) is 4.16. The Balaban J connectivity index is 1.28. The number of hydrogen-bond donors (Lipinski definition) is 0. The number of fused-ring (bicyclic) bond motifs is 1. The summed E-state index contributed by atoms with van der Waals surface area (Å²) in [6, 6.07) is 19.2. The van der Waals surface area contributed by atoms with Crippen molar-refractivity contribution in [1.82, 2.24) is 9.80 Å². The number of carbonyl (C=O) groups is 1. The second-order valence-electron chi connectivity index (χ2n) is 7.72. The number of nitrogens with zero attached hydrogens (tertiary/aromatic N) is 2. The molecule has 0 aliphatic carbocycles. The number of benzene rings is 2. The zero-order valence-corrected chi connectivity index (χ0v) is 16.0. The molecule has 2 heterocycles. The largest absolute Gasteiger partial charge is 0.497 e. The van der Waals surface area contributed by atoms with Crippen LogP contribution in [0, 0.1) is 5.92 Å². The molecule has 0 aromatic heterocycles. The van der Waals surface area contributed by atoms with E-state index in [1.165, 1.54) is 17.7 Å². The lowest BCUT2D eigenvalue weighted by molar-refractivity contribution is -0.138. The van der Waals surface area contributed by atoms with Crippen molar-refractivity contribution in [2.24, 2.45) is 5.92 Å². The number of piperidine rings is 1. The highest BCUT2D eigenvalue weighted by molar-refractivity contribution is 5.76. The summed E-state index contributed by atoms with van der Waals surface area (Å²) in [6.45, 7) is 3.98. The first-order chi connectivity index (χ1) is 13.2. The molecule has 4 heteroatoms. The van der Waals surface area contributed by atoms with E-state index in [4.69, 9.17) is 4.74 Å². The van der Waals surface area contributed by atoms with Gasteiger partial charge < -0.3 is 9.64 Å². The third-order valence-electron chi connectivity index (χ3n) is 6.03. The number of hydrogen-bond acceptors (Lipinski definition) is 3. The highest BCUT2D eigenvalue weighted by atomic mass is 16.5. The van der Waals surface area contributed by atoms with Crippen LogP contribution in [-0.4, -0.2) is 48.5 Å². The minimum atomic E-state index is 0.288. The van der Waals surface area contributed by atoms with Crippen molar-refractivity contribution in [3.05, 3.63) is 65.7 Å². The minimum absolute atomic E-state index is 0.288. The average Bonchev–Trinajstić information content (AvgIpc) is 2.71. The summed E-state index contributed by atoms with van der Waals surface area (Å²) in [5.74, 6) is 1.91. The maximum atomic E-state index is 12.7. The first-order valence-corrected chi connectivity index (χ1v) is 9.91. The van der Waals surface area contributed by atoms with Gasteiger partial charge in [-0.25, -0.2) is 0 Å². The molecular formula is C23H28N2O2. The van der Waals surface area contributed by atoms with Crippen molar-refractivity contribution in [2.75, 3.05) is 26.7 Å². The number of carbonyl (C=O) groups excluding carboxylic acids is 1. The molecule has 4 nitrogen and oxygen atoms in total. The third-order valence-corrected chi connectivity index (χ3v) is 6.03. The molecule has 2 atom stereocenters. The number of amides is 1. The fraction of sp³-hybridized carbons (Fsp3) is 0.435. The Labute approximate surface area is 161 Å². The van der Waals surface area contributed by atoms with E-state index in [2.05, 4.69) is 40.1 Å². The monoisotopic (exact) mass is 364 g/mol. The van der Waals surface area contributed by atoms with E-state index in [0.29, 0.717) is 12.5 Å². The standard InChI is InChI=1S/C23H28N2O2/c1-27-21-10-7-18(8-11-21)9-12-23(26)24-14-13-20-16-25(22(20)17-24)15-19-5-3-2-4-6-19/h2-8,10-11,20,22H,9,12-17H2,1H3/t20-,22-/m1/s1. The van der Waals surface area contributed by atoms with Crippen LogP contribution < -0.4 is 4.74 Å². The van der Waals surface area contributed by atoms with Gasteiger partial charge in [0.1, 0.15) is 5.75 Å². The van der Waals surface area contributed by atoms with Crippen molar-refractivity contribution in [2.45, 2.75) is 31.8 Å². The maximum absolute atomic E-state index is 12.7. The lowest BCUT2D eigenvalue weighted by Gasteiger charge is -2.53. The SMILES string of the molecule is COc1ccc(CCC(=O)N2CC[C@@H]3CN(Cc4ccccc4)[C@@H]3C2)cc1. The molecule has 2 saturated heterocycles. The highest BCUT2D eigenvalue weighted by Crippen LogP contribution is 2.33. The Morgan fingerprint density at radius 2 is 1.81 bits per heavy atom. The lowest BCUT2D eigenvalue weighted by atomic mass is 9.82. The van der Waals surface area contributed by atoms with Crippen molar-refractivity contribution in [3.8, 4) is 5.75 Å². The van der Waals surface area contributed by atoms with E-state index in [0.717, 1.165) is 44.1 Å². The van der Waals surface area contributed by atoms with E-state index < -0.39 is 0 Å². The topological polar surface area (TPSA) is 32.8 Å². The molecule has 0 radical (unpaired) electrons. The van der Waals surface area contributed by atoms with Gasteiger partial charge in [-0.3, -0.25) is 9.69 Å². The van der Waals surface area contributed by atoms with Gasteiger partial charge >= 0.3 is 0 Å². The van der Waals surface area contributed by atoms with Crippen molar-refractivity contribution < 1.29 is 9.53 Å². The van der Waals surface area contributed by atoms with Gasteiger partial charge in [0, 0.05) is 38.6 Å². The van der Waals surface area contributed by atoms with E-state index in [9.17, 15) is 4.79 Å². The van der Waals surface area contributed by atoms with Gasteiger partial charge in [-0.1, -0.05) is 42.5 Å². The molecule has 2 aromatic rings. The van der Waals surface area contributed by atoms with Crippen LogP contribution in [0.15, 0.2) is 54.6 Å². The van der Waals surface area contributed by atoms with Gasteiger partial charge in [0.15, 0.2) is 0 Å². The average molecular weight is 364 g/mol. The first kappa shape index (κ1) is 18.1. The Morgan fingerprint density at radius 1 is 1.04 bits per heavy atom. The molecular weight excluding hydrogens is 336 g/mol. The molecule has 0 spiro atoms. The Hall–Kier alpha value is -2.33. The molecule has 2 aromatic carbocycles. The van der Waals surface area contributed by atoms with Gasteiger partial charge in [-0.15, -0.1) is 0 Å². The summed E-state index contributed by atoms with van der Waals surface area (Å²) in [7, 11) is 1.67. The molecule has 142 valence electrons. The molecule has 0 bridgehead atoms. The molecule has 4 rings (SSSR count). The fourth-order valence-electron chi connectivity index (χ4n) is 4.33. The predicted molar refractivity (Wildman–Crippen MR) is 107 cm³/mol. The number of ether oxygens (including phenoxy) is 1. The second-order valence-corrected chi connectivity index (χ2v) is 7.72. The molecule has 2 aliphatic rings. The zero-order valence-electron chi connectivity index (χ0n) is 16.0. The van der Waals surface area contributed by atoms with Crippen LogP contribution in [0.3, 0.4) is 0 Å². The number of likely N-dealkylation sites (tertiary alicyclic amines) is 2. The highest BCUT2D eigenvalue weighted by Gasteiger charge is 2.43. The quantitative estimate of drug-likeness (QED) is 0.788. The molecule has 1 amide bonds. The fourth-order valence-corrected chi connectivity index (χ4v) is 4.33. The Morgan fingerprint density at radius 3 is 2.56 bits per heavy atom. The summed E-state index contributed by atoms with van der Waals surface area (Å²) < 4.78 is 5.19. The summed E-state index contributed by atoms with van der Waals surface area (Å²) in [6.07, 6.45) is 2.52. The summed E-state index contributed by atoms with van der Waals surface area (Å²) >= 11 is 0. The summed E-state index contributed by atoms with van der Waals surface area (Å²) in [5, 5.41) is 0. The van der Waals surface area contributed by atoms with Crippen LogP contribution in [0.4, 0.5) is 0 Å². The van der Waals surface area contributed by atoms with Gasteiger partial charge in [-0.05, 0) is 42.0 Å². The van der Waals surface area contributed by atoms with Crippen LogP contribution in [-0.2, 0) is 17.8 Å². The summed E-state index contributed by atoms with van der Waals surface area (Å²) in [4.78, 5) is 17.3. The Bertz CT molecular complexity index is 760. The first-order valence-electron chi connectivity index (χ1n) is 9.91. The van der Waals surface area contributed by atoms with E-state index in [1.54, 1.807) is 7.11 Å². The van der Waals surface area contributed by atoms with E-state index >= 15 is 0 Å². The van der Waals surface area contributed by atoms with Crippen LogP contribution in [0.25, 0.3) is 0 Å². The normalized spacial score (nSPS) is 22.0. The Kier molecular flexibility index (Phi) is 5.44. The smallest absolute Gasteiger partial charge is 0.222 e. The lowest BCUT2D eigenvalue weighted by Crippen LogP contribution is -2.64. The predicted octanol–water partition coefficient (Wildman–Crippen LogP) is 3.36. The molecule has 0 saturated carbocycles. The van der Waals surface area contributed by atoms with Crippen LogP contribution in [0.2, 0.25) is 0 Å². The number of methoxy groups -OCH3 is 1. The molecule has 0 N–H and O–H groups in total. The van der Waals surface area contributed by atoms with E-state index in [1.807, 2.05) is 24.3 Å².